The normalized spacial score (nSPS) is 14.3. The first-order valence-corrected chi connectivity index (χ1v) is 12.9. The zero-order valence-corrected chi connectivity index (χ0v) is 23.1. The maximum absolute atomic E-state index is 13.3. The van der Waals surface area contributed by atoms with E-state index in [-0.39, 0.29) is 29.5 Å². The average Bonchev–Trinajstić information content (AvgIpc) is 2.89. The third kappa shape index (κ3) is 6.53. The lowest BCUT2D eigenvalue weighted by atomic mass is 10.1. The molecule has 0 saturated carbocycles. The molecule has 2 N–H and O–H groups in total. The highest BCUT2D eigenvalue weighted by Crippen LogP contribution is 2.29. The highest BCUT2D eigenvalue weighted by molar-refractivity contribution is 9.10. The van der Waals surface area contributed by atoms with Crippen LogP contribution in [0.25, 0.3) is 6.08 Å². The van der Waals surface area contributed by atoms with Gasteiger partial charge < -0.3 is 14.8 Å². The molecule has 0 atom stereocenters. The van der Waals surface area contributed by atoms with Crippen molar-refractivity contribution in [3.05, 3.63) is 87.4 Å². The second-order valence-corrected chi connectivity index (χ2v) is 9.64. The zero-order valence-electron chi connectivity index (χ0n) is 21.5. The van der Waals surface area contributed by atoms with Gasteiger partial charge in [0.25, 0.3) is 17.7 Å². The van der Waals surface area contributed by atoms with Crippen LogP contribution in [0.3, 0.4) is 0 Å². The molecule has 0 aliphatic carbocycles. The molecule has 200 valence electrons. The number of aryl methyl sites for hydroxylation is 2. The van der Waals surface area contributed by atoms with E-state index in [9.17, 15) is 19.2 Å². The molecular weight excluding hydrogens is 566 g/mol. The van der Waals surface area contributed by atoms with E-state index < -0.39 is 17.8 Å². The fraction of sp³-hybridized carbons (Fsp3) is 0.172. The Morgan fingerprint density at radius 2 is 1.74 bits per heavy atom. The first-order chi connectivity index (χ1) is 18.7. The fourth-order valence-corrected chi connectivity index (χ4v) is 4.25. The lowest BCUT2D eigenvalue weighted by Gasteiger charge is -2.26. The molecule has 0 bridgehead atoms. The number of hydrogen-bond acceptors (Lipinski definition) is 6. The number of imide groups is 2. The average molecular weight is 592 g/mol. The molecule has 1 fully saturated rings. The van der Waals surface area contributed by atoms with Gasteiger partial charge in [0.05, 0.1) is 12.3 Å². The number of urea groups is 1. The SMILES string of the molecule is CCOc1ccc(N2C(=O)NC(=O)/C(=C\c3cc(Br)ccc3OCC(=O)Nc3cc(C)ccc3C)C2=O)cc1. The molecule has 0 radical (unpaired) electrons. The fourth-order valence-electron chi connectivity index (χ4n) is 3.87. The molecule has 5 amide bonds. The summed E-state index contributed by atoms with van der Waals surface area (Å²) in [6, 6.07) is 16.2. The standard InChI is InChI=1S/C29H26BrN3O6/c1-4-38-22-10-8-21(9-11-22)33-28(36)23(27(35)32-29(33)37)15-19-14-20(30)7-12-25(19)39-16-26(34)31-24-13-17(2)5-6-18(24)3/h5-15H,4,16H2,1-3H3,(H,31,34)(H,32,35,37)/b23-15+. The van der Waals surface area contributed by atoms with E-state index in [1.165, 1.54) is 6.08 Å². The lowest BCUT2D eigenvalue weighted by Crippen LogP contribution is -2.54. The molecule has 3 aromatic rings. The Bertz CT molecular complexity index is 1480. The van der Waals surface area contributed by atoms with E-state index in [2.05, 4.69) is 26.6 Å². The van der Waals surface area contributed by atoms with Crippen LogP contribution >= 0.6 is 15.9 Å². The number of anilines is 2. The predicted molar refractivity (Wildman–Crippen MR) is 151 cm³/mol. The molecule has 9 nitrogen and oxygen atoms in total. The van der Waals surface area contributed by atoms with E-state index in [4.69, 9.17) is 9.47 Å². The summed E-state index contributed by atoms with van der Waals surface area (Å²) in [5, 5.41) is 5.03. The third-order valence-electron chi connectivity index (χ3n) is 5.81. The molecule has 0 unspecified atom stereocenters. The molecular formula is C29H26BrN3O6. The molecule has 4 rings (SSSR count). The molecule has 10 heteroatoms. The van der Waals surface area contributed by atoms with Gasteiger partial charge in [-0.2, -0.15) is 0 Å². The number of carbonyl (C=O) groups is 4. The topological polar surface area (TPSA) is 114 Å². The summed E-state index contributed by atoms with van der Waals surface area (Å²) in [4.78, 5) is 52.0. The van der Waals surface area contributed by atoms with Crippen LogP contribution in [0, 0.1) is 13.8 Å². The van der Waals surface area contributed by atoms with Crippen molar-refractivity contribution in [2.75, 3.05) is 23.4 Å². The van der Waals surface area contributed by atoms with E-state index in [0.717, 1.165) is 16.0 Å². The number of hydrogen-bond donors (Lipinski definition) is 2. The molecule has 0 aromatic heterocycles. The quantitative estimate of drug-likeness (QED) is 0.277. The van der Waals surface area contributed by atoms with Gasteiger partial charge >= 0.3 is 6.03 Å². The number of carbonyl (C=O) groups excluding carboxylic acids is 4. The van der Waals surface area contributed by atoms with Crippen molar-refractivity contribution < 1.29 is 28.7 Å². The van der Waals surface area contributed by atoms with Gasteiger partial charge in [-0.3, -0.25) is 19.7 Å². The van der Waals surface area contributed by atoms with Gasteiger partial charge in [-0.1, -0.05) is 28.1 Å². The Morgan fingerprint density at radius 3 is 2.46 bits per heavy atom. The lowest BCUT2D eigenvalue weighted by molar-refractivity contribution is -0.122. The number of nitrogens with zero attached hydrogens (tertiary/aromatic N) is 1. The molecule has 0 spiro atoms. The number of rotatable bonds is 8. The minimum absolute atomic E-state index is 0.270. The minimum Gasteiger partial charge on any atom is -0.494 e. The van der Waals surface area contributed by atoms with Crippen LogP contribution in [0.5, 0.6) is 11.5 Å². The Balaban J connectivity index is 1.57. The second kappa shape index (κ2) is 12.0. The Hall–Kier alpha value is -4.44. The predicted octanol–water partition coefficient (Wildman–Crippen LogP) is 5.15. The summed E-state index contributed by atoms with van der Waals surface area (Å²) >= 11 is 3.38. The van der Waals surface area contributed by atoms with Gasteiger partial charge in [0.15, 0.2) is 6.61 Å². The van der Waals surface area contributed by atoms with E-state index >= 15 is 0 Å². The maximum atomic E-state index is 13.3. The Kier molecular flexibility index (Phi) is 8.46. The summed E-state index contributed by atoms with van der Waals surface area (Å²) in [5.41, 5.74) is 2.97. The molecule has 1 aliphatic rings. The van der Waals surface area contributed by atoms with Gasteiger partial charge in [-0.15, -0.1) is 0 Å². The van der Waals surface area contributed by atoms with E-state index in [0.29, 0.717) is 28.1 Å². The van der Waals surface area contributed by atoms with Crippen molar-refractivity contribution >= 4 is 57.1 Å². The van der Waals surface area contributed by atoms with Crippen molar-refractivity contribution in [1.29, 1.82) is 0 Å². The first-order valence-electron chi connectivity index (χ1n) is 12.1. The van der Waals surface area contributed by atoms with Gasteiger partial charge in [0.1, 0.15) is 17.1 Å². The summed E-state index contributed by atoms with van der Waals surface area (Å²) in [5.74, 6) is -1.16. The van der Waals surface area contributed by atoms with Crippen molar-refractivity contribution in [1.82, 2.24) is 5.32 Å². The van der Waals surface area contributed by atoms with Crippen LogP contribution in [0.4, 0.5) is 16.2 Å². The van der Waals surface area contributed by atoms with Crippen molar-refractivity contribution in [2.45, 2.75) is 20.8 Å². The number of halogens is 1. The summed E-state index contributed by atoms with van der Waals surface area (Å²) in [7, 11) is 0. The van der Waals surface area contributed by atoms with Gasteiger partial charge in [-0.05, 0) is 86.5 Å². The summed E-state index contributed by atoms with van der Waals surface area (Å²) < 4.78 is 11.8. The number of ether oxygens (including phenoxy) is 2. The van der Waals surface area contributed by atoms with Gasteiger partial charge in [-0.25, -0.2) is 9.69 Å². The summed E-state index contributed by atoms with van der Waals surface area (Å²) in [6.07, 6.45) is 1.33. The van der Waals surface area contributed by atoms with Crippen molar-refractivity contribution in [3.8, 4) is 11.5 Å². The van der Waals surface area contributed by atoms with Crippen LogP contribution in [0.15, 0.2) is 70.7 Å². The van der Waals surface area contributed by atoms with Crippen molar-refractivity contribution in [3.63, 3.8) is 0 Å². The number of amides is 5. The molecule has 1 aliphatic heterocycles. The zero-order chi connectivity index (χ0) is 28.1. The molecule has 3 aromatic carbocycles. The first kappa shape index (κ1) is 27.6. The van der Waals surface area contributed by atoms with E-state index in [1.807, 2.05) is 39.0 Å². The highest BCUT2D eigenvalue weighted by Gasteiger charge is 2.37. The van der Waals surface area contributed by atoms with Gasteiger partial charge in [0.2, 0.25) is 0 Å². The number of barbiturate groups is 1. The third-order valence-corrected chi connectivity index (χ3v) is 6.30. The minimum atomic E-state index is -0.861. The van der Waals surface area contributed by atoms with Crippen LogP contribution in [0.1, 0.15) is 23.6 Å². The van der Waals surface area contributed by atoms with Crippen LogP contribution in [0.2, 0.25) is 0 Å². The van der Waals surface area contributed by atoms with Crippen LogP contribution in [-0.2, 0) is 14.4 Å². The number of nitrogens with one attached hydrogen (secondary N) is 2. The molecule has 1 saturated heterocycles. The number of benzene rings is 3. The molecule has 39 heavy (non-hydrogen) atoms. The molecule has 1 heterocycles. The highest BCUT2D eigenvalue weighted by atomic mass is 79.9. The summed E-state index contributed by atoms with van der Waals surface area (Å²) in [6.45, 7) is 5.83. The van der Waals surface area contributed by atoms with Gasteiger partial charge in [0, 0.05) is 15.7 Å². The monoisotopic (exact) mass is 591 g/mol. The van der Waals surface area contributed by atoms with Crippen molar-refractivity contribution in [2.24, 2.45) is 0 Å². The van der Waals surface area contributed by atoms with Crippen LogP contribution in [-0.4, -0.2) is 37.0 Å². The van der Waals surface area contributed by atoms with Crippen LogP contribution < -0.4 is 25.0 Å². The second-order valence-electron chi connectivity index (χ2n) is 8.72. The Labute approximate surface area is 233 Å². The van der Waals surface area contributed by atoms with E-state index in [1.54, 1.807) is 42.5 Å². The largest absolute Gasteiger partial charge is 0.494 e. The Morgan fingerprint density at radius 1 is 1.00 bits per heavy atom. The smallest absolute Gasteiger partial charge is 0.335 e. The maximum Gasteiger partial charge on any atom is 0.335 e.